The maximum atomic E-state index is 5.93. The van der Waals surface area contributed by atoms with Crippen molar-refractivity contribution < 1.29 is 0 Å². The van der Waals surface area contributed by atoms with Crippen LogP contribution in [0.2, 0.25) is 0 Å². The molecule has 1 saturated heterocycles. The van der Waals surface area contributed by atoms with Crippen molar-refractivity contribution in [3.05, 3.63) is 35.9 Å². The van der Waals surface area contributed by atoms with E-state index in [1.165, 1.54) is 5.56 Å². The van der Waals surface area contributed by atoms with Crippen LogP contribution in [0.5, 0.6) is 0 Å². The van der Waals surface area contributed by atoms with Crippen molar-refractivity contribution in [3.63, 3.8) is 0 Å². The molecule has 1 aliphatic heterocycles. The molecule has 1 unspecified atom stereocenters. The highest BCUT2D eigenvalue weighted by molar-refractivity contribution is 5.18. The highest BCUT2D eigenvalue weighted by Crippen LogP contribution is 2.25. The molecule has 88 valence electrons. The van der Waals surface area contributed by atoms with Gasteiger partial charge in [-0.15, -0.1) is 0 Å². The Balaban J connectivity index is 2.00. The fraction of sp³-hybridized carbons (Fsp3) is 0.538. The zero-order valence-electron chi connectivity index (χ0n) is 9.89. The van der Waals surface area contributed by atoms with E-state index in [0.717, 1.165) is 25.9 Å². The van der Waals surface area contributed by atoms with E-state index in [1.54, 1.807) is 0 Å². The van der Waals surface area contributed by atoms with E-state index in [9.17, 15) is 0 Å². The van der Waals surface area contributed by atoms with Crippen LogP contribution in [-0.2, 0) is 0 Å². The van der Waals surface area contributed by atoms with E-state index in [4.69, 9.17) is 11.5 Å². The van der Waals surface area contributed by atoms with Crippen LogP contribution >= 0.6 is 0 Å². The quantitative estimate of drug-likeness (QED) is 0.740. The molecule has 4 N–H and O–H groups in total. The third kappa shape index (κ3) is 2.61. The fourth-order valence-electron chi connectivity index (χ4n) is 2.27. The normalized spacial score (nSPS) is 22.9. The molecule has 2 rings (SSSR count). The molecule has 0 saturated carbocycles. The van der Waals surface area contributed by atoms with Crippen molar-refractivity contribution in [2.45, 2.75) is 31.5 Å². The molecule has 1 fully saturated rings. The standard InChI is InChI=1S/C13H21N3/c1-11(12-5-3-2-4-6-12)16-9-7-13(14,15)8-10-16/h2-6,11H,7-10,14-15H2,1H3. The minimum absolute atomic E-state index is 0.451. The van der Waals surface area contributed by atoms with Gasteiger partial charge < -0.3 is 11.5 Å². The summed E-state index contributed by atoms with van der Waals surface area (Å²) in [7, 11) is 0. The summed E-state index contributed by atoms with van der Waals surface area (Å²) < 4.78 is 0. The lowest BCUT2D eigenvalue weighted by Gasteiger charge is -2.39. The van der Waals surface area contributed by atoms with Crippen molar-refractivity contribution in [2.75, 3.05) is 13.1 Å². The lowest BCUT2D eigenvalue weighted by atomic mass is 9.96. The van der Waals surface area contributed by atoms with Gasteiger partial charge in [0.2, 0.25) is 0 Å². The van der Waals surface area contributed by atoms with Crippen LogP contribution in [0.3, 0.4) is 0 Å². The average molecular weight is 219 g/mol. The minimum atomic E-state index is -0.451. The van der Waals surface area contributed by atoms with Crippen molar-refractivity contribution >= 4 is 0 Å². The van der Waals surface area contributed by atoms with Gasteiger partial charge in [-0.25, -0.2) is 0 Å². The molecule has 0 bridgehead atoms. The van der Waals surface area contributed by atoms with E-state index in [2.05, 4.69) is 42.2 Å². The van der Waals surface area contributed by atoms with Crippen molar-refractivity contribution in [1.29, 1.82) is 0 Å². The Morgan fingerprint density at radius 2 is 1.69 bits per heavy atom. The molecule has 1 aliphatic rings. The fourth-order valence-corrected chi connectivity index (χ4v) is 2.27. The van der Waals surface area contributed by atoms with Gasteiger partial charge in [-0.05, 0) is 25.3 Å². The first-order chi connectivity index (χ1) is 7.58. The van der Waals surface area contributed by atoms with Crippen molar-refractivity contribution in [3.8, 4) is 0 Å². The largest absolute Gasteiger partial charge is 0.313 e. The summed E-state index contributed by atoms with van der Waals surface area (Å²) in [6.45, 7) is 4.22. The molecule has 0 radical (unpaired) electrons. The van der Waals surface area contributed by atoms with Gasteiger partial charge in [-0.3, -0.25) is 4.90 Å². The highest BCUT2D eigenvalue weighted by atomic mass is 15.2. The van der Waals surface area contributed by atoms with E-state index < -0.39 is 5.66 Å². The Morgan fingerprint density at radius 1 is 1.12 bits per heavy atom. The molecule has 0 aromatic heterocycles. The van der Waals surface area contributed by atoms with Crippen LogP contribution in [0.15, 0.2) is 30.3 Å². The maximum Gasteiger partial charge on any atom is 0.0661 e. The smallest absolute Gasteiger partial charge is 0.0661 e. The Morgan fingerprint density at radius 3 is 2.25 bits per heavy atom. The molecule has 3 nitrogen and oxygen atoms in total. The Bertz CT molecular complexity index is 324. The third-order valence-electron chi connectivity index (χ3n) is 3.56. The van der Waals surface area contributed by atoms with E-state index in [1.807, 2.05) is 0 Å². The van der Waals surface area contributed by atoms with Crippen LogP contribution in [0.25, 0.3) is 0 Å². The highest BCUT2D eigenvalue weighted by Gasteiger charge is 2.28. The second-order valence-electron chi connectivity index (χ2n) is 4.86. The molecule has 3 heteroatoms. The predicted molar refractivity (Wildman–Crippen MR) is 66.8 cm³/mol. The van der Waals surface area contributed by atoms with Crippen LogP contribution < -0.4 is 11.5 Å². The predicted octanol–water partition coefficient (Wildman–Crippen LogP) is 1.46. The number of nitrogens with zero attached hydrogens (tertiary/aromatic N) is 1. The first-order valence-electron chi connectivity index (χ1n) is 5.95. The summed E-state index contributed by atoms with van der Waals surface area (Å²) in [5.41, 5.74) is 12.8. The number of piperidine rings is 1. The molecule has 1 aromatic rings. The monoisotopic (exact) mass is 219 g/mol. The second-order valence-corrected chi connectivity index (χ2v) is 4.86. The van der Waals surface area contributed by atoms with Gasteiger partial charge in [-0.2, -0.15) is 0 Å². The number of benzene rings is 1. The first-order valence-corrected chi connectivity index (χ1v) is 5.95. The first kappa shape index (κ1) is 11.6. The number of nitrogens with two attached hydrogens (primary N) is 2. The van der Waals surface area contributed by atoms with Crippen molar-refractivity contribution in [1.82, 2.24) is 4.90 Å². The zero-order valence-corrected chi connectivity index (χ0v) is 9.89. The average Bonchev–Trinajstić information content (AvgIpc) is 2.29. The molecule has 1 aromatic carbocycles. The topological polar surface area (TPSA) is 55.3 Å². The van der Waals surface area contributed by atoms with Crippen LogP contribution in [0.4, 0.5) is 0 Å². The molecule has 0 aliphatic carbocycles. The summed E-state index contributed by atoms with van der Waals surface area (Å²) >= 11 is 0. The maximum absolute atomic E-state index is 5.93. The van der Waals surface area contributed by atoms with Gasteiger partial charge in [0, 0.05) is 19.1 Å². The lowest BCUT2D eigenvalue weighted by Crippen LogP contribution is -2.56. The summed E-state index contributed by atoms with van der Waals surface area (Å²) in [6, 6.07) is 11.0. The van der Waals surface area contributed by atoms with Crippen molar-refractivity contribution in [2.24, 2.45) is 11.5 Å². The van der Waals surface area contributed by atoms with E-state index in [-0.39, 0.29) is 0 Å². The van der Waals surface area contributed by atoms with E-state index >= 15 is 0 Å². The molecule has 0 spiro atoms. The summed E-state index contributed by atoms with van der Waals surface area (Å²) in [5, 5.41) is 0. The summed E-state index contributed by atoms with van der Waals surface area (Å²) in [4.78, 5) is 2.45. The summed E-state index contributed by atoms with van der Waals surface area (Å²) in [5.74, 6) is 0. The van der Waals surface area contributed by atoms with Gasteiger partial charge in [0.05, 0.1) is 5.66 Å². The van der Waals surface area contributed by atoms with E-state index in [0.29, 0.717) is 6.04 Å². The number of likely N-dealkylation sites (tertiary alicyclic amines) is 1. The minimum Gasteiger partial charge on any atom is -0.313 e. The van der Waals surface area contributed by atoms with Crippen LogP contribution in [-0.4, -0.2) is 23.7 Å². The van der Waals surface area contributed by atoms with Gasteiger partial charge in [-0.1, -0.05) is 30.3 Å². The Hall–Kier alpha value is -0.900. The molecular weight excluding hydrogens is 198 g/mol. The SMILES string of the molecule is CC(c1ccccc1)N1CCC(N)(N)CC1. The van der Waals surface area contributed by atoms with Gasteiger partial charge in [0.25, 0.3) is 0 Å². The second kappa shape index (κ2) is 4.53. The number of rotatable bonds is 2. The molecule has 1 heterocycles. The number of hydrogen-bond donors (Lipinski definition) is 2. The number of hydrogen-bond acceptors (Lipinski definition) is 3. The van der Waals surface area contributed by atoms with Gasteiger partial charge in [0.15, 0.2) is 0 Å². The molecule has 16 heavy (non-hydrogen) atoms. The Kier molecular flexibility index (Phi) is 3.28. The molecule has 1 atom stereocenters. The molecule has 0 amide bonds. The van der Waals surface area contributed by atoms with Crippen LogP contribution in [0.1, 0.15) is 31.4 Å². The molecular formula is C13H21N3. The third-order valence-corrected chi connectivity index (χ3v) is 3.56. The van der Waals surface area contributed by atoms with Crippen LogP contribution in [0, 0.1) is 0 Å². The zero-order chi connectivity index (χ0) is 11.6. The summed E-state index contributed by atoms with van der Waals surface area (Å²) in [6.07, 6.45) is 1.76. The Labute approximate surface area is 97.4 Å². The lowest BCUT2D eigenvalue weighted by molar-refractivity contribution is 0.127. The van der Waals surface area contributed by atoms with Gasteiger partial charge >= 0.3 is 0 Å². The van der Waals surface area contributed by atoms with Gasteiger partial charge in [0.1, 0.15) is 0 Å².